The van der Waals surface area contributed by atoms with Crippen LogP contribution >= 0.6 is 0 Å². The van der Waals surface area contributed by atoms with Crippen LogP contribution in [0.15, 0.2) is 28.7 Å². The lowest BCUT2D eigenvalue weighted by atomic mass is 9.93. The molecule has 0 atom stereocenters. The maximum Gasteiger partial charge on any atom is 0.301 e. The highest BCUT2D eigenvalue weighted by Gasteiger charge is 2.31. The number of fused-ring (bicyclic) bond motifs is 1. The number of hydrazine groups is 1. The molecule has 0 aliphatic carbocycles. The van der Waals surface area contributed by atoms with Gasteiger partial charge in [-0.15, -0.1) is 0 Å². The van der Waals surface area contributed by atoms with E-state index in [2.05, 4.69) is 24.2 Å². The Balaban J connectivity index is 1.98. The molecule has 0 unspecified atom stereocenters. The van der Waals surface area contributed by atoms with E-state index in [1.165, 1.54) is 6.42 Å². The molecule has 21 heavy (non-hydrogen) atoms. The fourth-order valence-corrected chi connectivity index (χ4v) is 3.09. The van der Waals surface area contributed by atoms with Crippen LogP contribution in [0.3, 0.4) is 0 Å². The highest BCUT2D eigenvalue weighted by molar-refractivity contribution is 5.98. The number of nitrogen functional groups attached to an aromatic ring is 1. The van der Waals surface area contributed by atoms with Crippen molar-refractivity contribution in [3.8, 4) is 0 Å². The van der Waals surface area contributed by atoms with Crippen LogP contribution in [0.4, 0.5) is 0 Å². The molecule has 1 aliphatic heterocycles. The van der Waals surface area contributed by atoms with Crippen LogP contribution in [0.1, 0.15) is 36.4 Å². The number of para-hydroxylation sites is 1. The van der Waals surface area contributed by atoms with Crippen molar-refractivity contribution in [1.82, 2.24) is 10.3 Å². The Morgan fingerprint density at radius 2 is 2.19 bits per heavy atom. The van der Waals surface area contributed by atoms with Crippen LogP contribution in [-0.4, -0.2) is 23.9 Å². The van der Waals surface area contributed by atoms with Crippen molar-refractivity contribution < 1.29 is 9.21 Å². The quantitative estimate of drug-likeness (QED) is 0.516. The molecule has 0 radical (unpaired) electrons. The third-order valence-electron chi connectivity index (χ3n) is 4.17. The van der Waals surface area contributed by atoms with Crippen molar-refractivity contribution >= 4 is 16.9 Å². The van der Waals surface area contributed by atoms with E-state index in [4.69, 9.17) is 10.3 Å². The van der Waals surface area contributed by atoms with E-state index in [0.29, 0.717) is 17.7 Å². The largest absolute Gasteiger partial charge is 0.451 e. The number of likely N-dealkylation sites (tertiary alicyclic amines) is 1. The molecule has 5 heteroatoms. The van der Waals surface area contributed by atoms with Gasteiger partial charge in [0, 0.05) is 24.0 Å². The number of nitrogens with zero attached hydrogens (tertiary/aromatic N) is 1. The molecule has 0 saturated carbocycles. The number of carbonyl (C=O) groups excluding carboxylic acids is 1. The summed E-state index contributed by atoms with van der Waals surface area (Å²) in [6, 6.07) is 7.72. The molecular formula is C16H21N3O2. The zero-order valence-corrected chi connectivity index (χ0v) is 12.5. The minimum absolute atomic E-state index is 0.323. The summed E-state index contributed by atoms with van der Waals surface area (Å²) in [6.45, 7) is 7.32. The van der Waals surface area contributed by atoms with Crippen molar-refractivity contribution in [1.29, 1.82) is 0 Å². The van der Waals surface area contributed by atoms with Gasteiger partial charge in [-0.05, 0) is 24.4 Å². The van der Waals surface area contributed by atoms with Gasteiger partial charge < -0.3 is 4.42 Å². The van der Waals surface area contributed by atoms with Crippen LogP contribution < -0.4 is 11.3 Å². The van der Waals surface area contributed by atoms with E-state index in [1.54, 1.807) is 0 Å². The number of rotatable bonds is 3. The van der Waals surface area contributed by atoms with Gasteiger partial charge in [-0.3, -0.25) is 15.1 Å². The molecule has 1 aromatic heterocycles. The van der Waals surface area contributed by atoms with Crippen LogP contribution in [0.5, 0.6) is 0 Å². The fourth-order valence-electron chi connectivity index (χ4n) is 3.09. The van der Waals surface area contributed by atoms with Gasteiger partial charge in [0.05, 0.1) is 0 Å². The third-order valence-corrected chi connectivity index (χ3v) is 4.17. The van der Waals surface area contributed by atoms with Crippen molar-refractivity contribution in [2.24, 2.45) is 11.3 Å². The monoisotopic (exact) mass is 287 g/mol. The Bertz CT molecular complexity index is 675. The first-order valence-corrected chi connectivity index (χ1v) is 7.24. The Hall–Kier alpha value is -1.85. The lowest BCUT2D eigenvalue weighted by Crippen LogP contribution is -2.31. The highest BCUT2D eigenvalue weighted by Crippen LogP contribution is 2.33. The molecule has 1 amide bonds. The minimum Gasteiger partial charge on any atom is -0.451 e. The Kier molecular flexibility index (Phi) is 3.47. The van der Waals surface area contributed by atoms with Gasteiger partial charge in [-0.2, -0.15) is 0 Å². The standard InChI is InChI=1S/C16H21N3O2/c1-16(2)7-8-19(10-16)9-12-11-5-3-4-6-13(11)21-14(12)15(20)18-17/h3-6H,7-10,17H2,1-2H3,(H,18,20). The SMILES string of the molecule is CC1(C)CCN(Cc2c(C(=O)NN)oc3ccccc23)C1. The highest BCUT2D eigenvalue weighted by atomic mass is 16.3. The third kappa shape index (κ3) is 2.66. The first kappa shape index (κ1) is 14.1. The number of amides is 1. The molecule has 1 aliphatic rings. The van der Waals surface area contributed by atoms with E-state index in [9.17, 15) is 4.79 Å². The minimum atomic E-state index is -0.375. The summed E-state index contributed by atoms with van der Waals surface area (Å²) in [7, 11) is 0. The summed E-state index contributed by atoms with van der Waals surface area (Å²) in [6.07, 6.45) is 1.17. The normalized spacial score (nSPS) is 18.2. The van der Waals surface area contributed by atoms with Gasteiger partial charge in [0.15, 0.2) is 5.76 Å². The second-order valence-corrected chi connectivity index (χ2v) is 6.50. The number of carbonyl (C=O) groups is 1. The number of benzene rings is 1. The molecule has 0 spiro atoms. The van der Waals surface area contributed by atoms with Crippen LogP contribution in [0.25, 0.3) is 11.0 Å². The first-order valence-electron chi connectivity index (χ1n) is 7.24. The molecule has 112 valence electrons. The second-order valence-electron chi connectivity index (χ2n) is 6.50. The summed E-state index contributed by atoms with van der Waals surface area (Å²) in [5, 5.41) is 0.987. The van der Waals surface area contributed by atoms with Crippen LogP contribution in [0, 0.1) is 5.41 Å². The average molecular weight is 287 g/mol. The zero-order valence-electron chi connectivity index (χ0n) is 12.5. The molecule has 1 fully saturated rings. The Morgan fingerprint density at radius 1 is 1.43 bits per heavy atom. The lowest BCUT2D eigenvalue weighted by molar-refractivity contribution is 0.0925. The van der Waals surface area contributed by atoms with Crippen molar-refractivity contribution in [3.05, 3.63) is 35.6 Å². The van der Waals surface area contributed by atoms with Crippen LogP contribution in [0.2, 0.25) is 0 Å². The van der Waals surface area contributed by atoms with E-state index in [1.807, 2.05) is 24.3 Å². The van der Waals surface area contributed by atoms with Crippen molar-refractivity contribution in [2.75, 3.05) is 13.1 Å². The predicted molar refractivity (Wildman–Crippen MR) is 81.5 cm³/mol. The lowest BCUT2D eigenvalue weighted by Gasteiger charge is -2.19. The molecule has 1 aromatic carbocycles. The van der Waals surface area contributed by atoms with Crippen molar-refractivity contribution in [2.45, 2.75) is 26.8 Å². The summed E-state index contributed by atoms with van der Waals surface area (Å²) in [5.41, 5.74) is 4.15. The van der Waals surface area contributed by atoms with Crippen molar-refractivity contribution in [3.63, 3.8) is 0 Å². The van der Waals surface area contributed by atoms with Gasteiger partial charge in [0.25, 0.3) is 0 Å². The molecule has 3 N–H and O–H groups in total. The molecular weight excluding hydrogens is 266 g/mol. The summed E-state index contributed by atoms with van der Waals surface area (Å²) in [5.74, 6) is 5.22. The molecule has 1 saturated heterocycles. The Morgan fingerprint density at radius 3 is 2.86 bits per heavy atom. The number of nitrogens with two attached hydrogens (primary N) is 1. The molecule has 2 heterocycles. The van der Waals surface area contributed by atoms with Gasteiger partial charge in [0.2, 0.25) is 0 Å². The number of hydrogen-bond acceptors (Lipinski definition) is 4. The number of hydrogen-bond donors (Lipinski definition) is 2. The van der Waals surface area contributed by atoms with Gasteiger partial charge >= 0.3 is 5.91 Å². The van der Waals surface area contributed by atoms with Gasteiger partial charge in [-0.25, -0.2) is 5.84 Å². The van der Waals surface area contributed by atoms with Crippen LogP contribution in [-0.2, 0) is 6.54 Å². The van der Waals surface area contributed by atoms with E-state index < -0.39 is 0 Å². The zero-order chi connectivity index (χ0) is 15.0. The summed E-state index contributed by atoms with van der Waals surface area (Å²) < 4.78 is 5.70. The average Bonchev–Trinajstić information content (AvgIpc) is 2.99. The predicted octanol–water partition coefficient (Wildman–Crippen LogP) is 2.27. The Labute approximate surface area is 124 Å². The number of furan rings is 1. The number of nitrogens with one attached hydrogen (secondary N) is 1. The fraction of sp³-hybridized carbons (Fsp3) is 0.438. The second kappa shape index (κ2) is 5.16. The maximum atomic E-state index is 12.0. The van der Waals surface area contributed by atoms with Gasteiger partial charge in [-0.1, -0.05) is 32.0 Å². The summed E-state index contributed by atoms with van der Waals surface area (Å²) >= 11 is 0. The van der Waals surface area contributed by atoms with E-state index >= 15 is 0 Å². The van der Waals surface area contributed by atoms with E-state index in [0.717, 1.165) is 29.6 Å². The maximum absolute atomic E-state index is 12.0. The van der Waals surface area contributed by atoms with E-state index in [-0.39, 0.29) is 5.91 Å². The molecule has 5 nitrogen and oxygen atoms in total. The summed E-state index contributed by atoms with van der Waals surface area (Å²) in [4.78, 5) is 14.3. The molecule has 0 bridgehead atoms. The smallest absolute Gasteiger partial charge is 0.301 e. The molecule has 2 aromatic rings. The first-order chi connectivity index (χ1) is 10.00. The topological polar surface area (TPSA) is 71.5 Å². The molecule has 3 rings (SSSR count). The van der Waals surface area contributed by atoms with Gasteiger partial charge in [0.1, 0.15) is 5.58 Å².